The lowest BCUT2D eigenvalue weighted by atomic mass is 9.92. The van der Waals surface area contributed by atoms with Gasteiger partial charge in [0, 0.05) is 48.6 Å². The molecule has 2 fully saturated rings. The summed E-state index contributed by atoms with van der Waals surface area (Å²) in [6.07, 6.45) is 4.49. The van der Waals surface area contributed by atoms with E-state index < -0.39 is 0 Å². The molecule has 1 N–H and O–H groups in total. The summed E-state index contributed by atoms with van der Waals surface area (Å²) in [6, 6.07) is 1.93. The number of nitrogens with zero attached hydrogens (tertiary/aromatic N) is 4. The van der Waals surface area contributed by atoms with Crippen LogP contribution in [0.5, 0.6) is 0 Å². The van der Waals surface area contributed by atoms with E-state index in [-0.39, 0.29) is 22.8 Å². The Balaban J connectivity index is 1.70. The van der Waals surface area contributed by atoms with Gasteiger partial charge in [0.1, 0.15) is 5.69 Å². The van der Waals surface area contributed by atoms with Gasteiger partial charge >= 0.3 is 0 Å². The van der Waals surface area contributed by atoms with Crippen LogP contribution in [0.4, 0.5) is 0 Å². The van der Waals surface area contributed by atoms with Crippen molar-refractivity contribution in [2.75, 3.05) is 19.7 Å². The molecule has 176 valence electrons. The third-order valence-corrected chi connectivity index (χ3v) is 7.59. The largest absolute Gasteiger partial charge is 0.376 e. The average Bonchev–Trinajstić information content (AvgIpc) is 3.37. The van der Waals surface area contributed by atoms with Gasteiger partial charge in [-0.15, -0.1) is 11.3 Å². The van der Waals surface area contributed by atoms with Crippen molar-refractivity contribution in [2.24, 2.45) is 10.9 Å². The highest BCUT2D eigenvalue weighted by atomic mass is 32.1. The van der Waals surface area contributed by atoms with E-state index in [4.69, 9.17) is 9.84 Å². The Kier molecular flexibility index (Phi) is 6.49. The Morgan fingerprint density at radius 3 is 2.53 bits per heavy atom. The number of hydrogen-bond donors (Lipinski definition) is 1. The van der Waals surface area contributed by atoms with Crippen LogP contribution in [0.1, 0.15) is 75.4 Å². The number of ether oxygens (including phenoxy) is 1. The number of thiazole rings is 1. The molecule has 2 aliphatic rings. The summed E-state index contributed by atoms with van der Waals surface area (Å²) in [5.74, 6) is 0.289. The molecule has 2 aromatic rings. The summed E-state index contributed by atoms with van der Waals surface area (Å²) in [7, 11) is 0. The monoisotopic (exact) mass is 459 g/mol. The molecule has 0 radical (unpaired) electrons. The van der Waals surface area contributed by atoms with Crippen molar-refractivity contribution in [2.45, 2.75) is 84.4 Å². The quantitative estimate of drug-likeness (QED) is 0.743. The maximum atomic E-state index is 13.4. The van der Waals surface area contributed by atoms with Crippen molar-refractivity contribution < 1.29 is 9.53 Å². The van der Waals surface area contributed by atoms with Crippen LogP contribution < -0.4 is 10.1 Å². The molecule has 8 heteroatoms. The zero-order valence-corrected chi connectivity index (χ0v) is 21.1. The highest BCUT2D eigenvalue weighted by molar-refractivity contribution is 7.09. The minimum atomic E-state index is -0.219. The highest BCUT2D eigenvalue weighted by Crippen LogP contribution is 2.26. The fourth-order valence-corrected chi connectivity index (χ4v) is 4.97. The number of rotatable bonds is 5. The van der Waals surface area contributed by atoms with E-state index in [1.165, 1.54) is 4.88 Å². The minimum Gasteiger partial charge on any atom is -0.376 e. The van der Waals surface area contributed by atoms with Gasteiger partial charge in [-0.05, 0) is 24.3 Å². The zero-order valence-electron chi connectivity index (χ0n) is 20.3. The summed E-state index contributed by atoms with van der Waals surface area (Å²) in [5.41, 5.74) is 1.38. The van der Waals surface area contributed by atoms with E-state index in [0.29, 0.717) is 11.6 Å². The topological polar surface area (TPSA) is 73.4 Å². The van der Waals surface area contributed by atoms with E-state index in [1.54, 1.807) is 11.3 Å². The third-order valence-electron chi connectivity index (χ3n) is 6.15. The lowest BCUT2D eigenvalue weighted by Crippen LogP contribution is -2.44. The van der Waals surface area contributed by atoms with Crippen LogP contribution in [-0.2, 0) is 28.7 Å². The molecule has 0 aliphatic carbocycles. The highest BCUT2D eigenvalue weighted by Gasteiger charge is 2.27. The fraction of sp³-hybridized carbons (Fsp3) is 0.708. The van der Waals surface area contributed by atoms with Crippen LogP contribution in [0, 0.1) is 5.92 Å². The normalized spacial score (nSPS) is 20.7. The molecular formula is C24H37N5O2S. The van der Waals surface area contributed by atoms with Gasteiger partial charge in [-0.1, -0.05) is 41.5 Å². The fourth-order valence-electron chi connectivity index (χ4n) is 3.91. The molecule has 0 bridgehead atoms. The van der Waals surface area contributed by atoms with Gasteiger partial charge in [0.05, 0.1) is 18.3 Å². The Morgan fingerprint density at radius 1 is 1.22 bits per heavy atom. The summed E-state index contributed by atoms with van der Waals surface area (Å²) in [4.78, 5) is 20.0. The zero-order chi connectivity index (χ0) is 23.1. The van der Waals surface area contributed by atoms with Gasteiger partial charge in [0.2, 0.25) is 0 Å². The molecule has 7 nitrogen and oxygen atoms in total. The summed E-state index contributed by atoms with van der Waals surface area (Å²) in [6.45, 7) is 17.2. The Labute approximate surface area is 194 Å². The van der Waals surface area contributed by atoms with Crippen molar-refractivity contribution in [1.29, 1.82) is 0 Å². The second kappa shape index (κ2) is 8.88. The Morgan fingerprint density at radius 2 is 1.97 bits per heavy atom. The third kappa shape index (κ3) is 5.24. The minimum absolute atomic E-state index is 0.00182. The van der Waals surface area contributed by atoms with E-state index in [0.717, 1.165) is 56.1 Å². The van der Waals surface area contributed by atoms with Crippen LogP contribution >= 0.6 is 11.3 Å². The molecule has 0 aromatic carbocycles. The first kappa shape index (κ1) is 23.4. The second-order valence-electron chi connectivity index (χ2n) is 11.2. The summed E-state index contributed by atoms with van der Waals surface area (Å²) >= 11 is 1.60. The van der Waals surface area contributed by atoms with Gasteiger partial charge in [-0.2, -0.15) is 10.1 Å². The molecule has 4 rings (SSSR count). The lowest BCUT2D eigenvalue weighted by molar-refractivity contribution is 0.0945. The molecule has 2 aromatic heterocycles. The number of hydrogen-bond acceptors (Lipinski definition) is 5. The number of aromatic nitrogens is 3. The molecule has 32 heavy (non-hydrogen) atoms. The van der Waals surface area contributed by atoms with E-state index in [1.807, 2.05) is 10.7 Å². The van der Waals surface area contributed by atoms with Crippen molar-refractivity contribution in [1.82, 2.24) is 19.7 Å². The summed E-state index contributed by atoms with van der Waals surface area (Å²) in [5, 5.41) is 8.10. The first-order valence-electron chi connectivity index (χ1n) is 11.7. The number of carbonyl (C=O) groups is 1. The van der Waals surface area contributed by atoms with Crippen molar-refractivity contribution in [3.63, 3.8) is 0 Å². The van der Waals surface area contributed by atoms with Gasteiger partial charge in [0.15, 0.2) is 4.80 Å². The van der Waals surface area contributed by atoms with Crippen LogP contribution in [-0.4, -0.2) is 46.1 Å². The molecule has 0 spiro atoms. The number of amides is 1. The first-order valence-corrected chi connectivity index (χ1v) is 12.5. The van der Waals surface area contributed by atoms with Gasteiger partial charge in [-0.25, -0.2) is 0 Å². The van der Waals surface area contributed by atoms with Crippen LogP contribution in [0.15, 0.2) is 17.3 Å². The van der Waals surface area contributed by atoms with E-state index >= 15 is 0 Å². The van der Waals surface area contributed by atoms with Crippen LogP contribution in [0.2, 0.25) is 0 Å². The SMILES string of the molecule is CC(C)(C)c1cc(C(=O)/N=c2\sc(C(C)(C)C)cn2C[C@H]2CCCO2)n(CC2CNC2)n1. The van der Waals surface area contributed by atoms with E-state index in [2.05, 4.69) is 62.6 Å². The molecule has 0 unspecified atom stereocenters. The predicted molar refractivity (Wildman–Crippen MR) is 127 cm³/mol. The molecule has 0 saturated carbocycles. The summed E-state index contributed by atoms with van der Waals surface area (Å²) < 4.78 is 9.84. The molecular weight excluding hydrogens is 422 g/mol. The Bertz CT molecular complexity index is 1020. The second-order valence-corrected chi connectivity index (χ2v) is 12.2. The Hall–Kier alpha value is -1.77. The lowest BCUT2D eigenvalue weighted by Gasteiger charge is -2.27. The first-order chi connectivity index (χ1) is 15.0. The van der Waals surface area contributed by atoms with Gasteiger partial charge < -0.3 is 14.6 Å². The predicted octanol–water partition coefficient (Wildman–Crippen LogP) is 3.48. The van der Waals surface area contributed by atoms with Crippen molar-refractivity contribution >= 4 is 17.2 Å². The molecule has 1 amide bonds. The average molecular weight is 460 g/mol. The van der Waals surface area contributed by atoms with Crippen LogP contribution in [0.3, 0.4) is 0 Å². The van der Waals surface area contributed by atoms with Crippen molar-refractivity contribution in [3.05, 3.63) is 33.3 Å². The number of nitrogens with one attached hydrogen (secondary N) is 1. The van der Waals surface area contributed by atoms with Crippen molar-refractivity contribution in [3.8, 4) is 0 Å². The molecule has 1 atom stereocenters. The van der Waals surface area contributed by atoms with Gasteiger partial charge in [-0.3, -0.25) is 9.48 Å². The standard InChI is InChI=1S/C24H37N5O2S/c1-23(2,3)19-10-18(29(27-19)13-16-11-25-12-16)21(30)26-22-28(14-17-8-7-9-31-17)15-20(32-22)24(4,5)6/h10,15-17,25H,7-9,11-14H2,1-6H3/b26-22-/t17-/m1/s1. The van der Waals surface area contributed by atoms with Crippen LogP contribution in [0.25, 0.3) is 0 Å². The van der Waals surface area contributed by atoms with E-state index in [9.17, 15) is 4.79 Å². The maximum Gasteiger partial charge on any atom is 0.297 e. The number of carbonyl (C=O) groups excluding carboxylic acids is 1. The molecule has 4 heterocycles. The smallest absolute Gasteiger partial charge is 0.297 e. The van der Waals surface area contributed by atoms with Gasteiger partial charge in [0.25, 0.3) is 5.91 Å². The molecule has 2 aliphatic heterocycles. The maximum absolute atomic E-state index is 13.4. The molecule has 2 saturated heterocycles.